The highest BCUT2D eigenvalue weighted by Crippen LogP contribution is 2.25. The number of aromatic nitrogens is 1. The molecule has 0 saturated carbocycles. The van der Waals surface area contributed by atoms with Gasteiger partial charge in [0.05, 0.1) is 17.7 Å². The Kier molecular flexibility index (Phi) is 3.04. The summed E-state index contributed by atoms with van der Waals surface area (Å²) in [5.41, 5.74) is 1.43. The summed E-state index contributed by atoms with van der Waals surface area (Å²) in [4.78, 5) is 10.4. The second kappa shape index (κ2) is 4.65. The van der Waals surface area contributed by atoms with Gasteiger partial charge in [-0.25, -0.2) is 0 Å². The Bertz CT molecular complexity index is 523. The molecule has 1 N–H and O–H groups in total. The first-order chi connectivity index (χ1) is 8.18. The van der Waals surface area contributed by atoms with Gasteiger partial charge in [0.25, 0.3) is 5.69 Å². The lowest BCUT2D eigenvalue weighted by atomic mass is 10.1. The van der Waals surface area contributed by atoms with Crippen LogP contribution in [0.25, 0.3) is 0 Å². The van der Waals surface area contributed by atoms with E-state index in [-0.39, 0.29) is 5.69 Å². The molecule has 0 aliphatic rings. The van der Waals surface area contributed by atoms with Crippen LogP contribution in [-0.4, -0.2) is 10.1 Å². The number of rotatable bonds is 4. The highest BCUT2D eigenvalue weighted by Gasteiger charge is 2.12. The zero-order valence-corrected chi connectivity index (χ0v) is 9.21. The Morgan fingerprint density at radius 1 is 1.47 bits per heavy atom. The van der Waals surface area contributed by atoms with Gasteiger partial charge in [-0.2, -0.15) is 0 Å². The van der Waals surface area contributed by atoms with E-state index in [1.807, 2.05) is 0 Å². The summed E-state index contributed by atoms with van der Waals surface area (Å²) in [5.74, 6) is 0.677. The van der Waals surface area contributed by atoms with Crippen molar-refractivity contribution in [2.45, 2.75) is 13.5 Å². The van der Waals surface area contributed by atoms with Gasteiger partial charge in [-0.15, -0.1) is 0 Å². The van der Waals surface area contributed by atoms with Gasteiger partial charge in [-0.05, 0) is 13.0 Å². The highest BCUT2D eigenvalue weighted by molar-refractivity contribution is 5.59. The minimum atomic E-state index is -0.394. The maximum atomic E-state index is 10.8. The second-order valence-electron chi connectivity index (χ2n) is 3.54. The van der Waals surface area contributed by atoms with E-state index in [2.05, 4.69) is 10.5 Å². The Morgan fingerprint density at radius 2 is 2.29 bits per heavy atom. The smallest absolute Gasteiger partial charge is 0.274 e. The lowest BCUT2D eigenvalue weighted by molar-refractivity contribution is -0.385. The van der Waals surface area contributed by atoms with Crippen molar-refractivity contribution in [1.29, 1.82) is 0 Å². The third-order valence-electron chi connectivity index (χ3n) is 2.45. The van der Waals surface area contributed by atoms with Gasteiger partial charge in [0.1, 0.15) is 0 Å². The fraction of sp³-hybridized carbons (Fsp3) is 0.182. The molecule has 2 aromatic rings. The van der Waals surface area contributed by atoms with Gasteiger partial charge in [0.15, 0.2) is 5.76 Å². The maximum Gasteiger partial charge on any atom is 0.274 e. The third-order valence-corrected chi connectivity index (χ3v) is 2.45. The van der Waals surface area contributed by atoms with Crippen molar-refractivity contribution >= 4 is 11.4 Å². The van der Waals surface area contributed by atoms with E-state index in [4.69, 9.17) is 4.52 Å². The van der Waals surface area contributed by atoms with Crippen LogP contribution in [0.3, 0.4) is 0 Å². The molecular formula is C11H11N3O3. The molecule has 0 saturated heterocycles. The van der Waals surface area contributed by atoms with Gasteiger partial charge >= 0.3 is 0 Å². The van der Waals surface area contributed by atoms with Gasteiger partial charge in [0, 0.05) is 23.4 Å². The number of nitro groups is 1. The number of nitrogens with zero attached hydrogens (tertiary/aromatic N) is 2. The maximum absolute atomic E-state index is 10.8. The molecule has 0 unspecified atom stereocenters. The monoisotopic (exact) mass is 233 g/mol. The predicted octanol–water partition coefficient (Wildman–Crippen LogP) is 2.50. The van der Waals surface area contributed by atoms with E-state index >= 15 is 0 Å². The number of nitrogens with one attached hydrogen (secondary N) is 1. The van der Waals surface area contributed by atoms with Gasteiger partial charge in [-0.1, -0.05) is 11.2 Å². The molecular weight excluding hydrogens is 222 g/mol. The number of hydrogen-bond donors (Lipinski definition) is 1. The Balaban J connectivity index is 2.16. The highest BCUT2D eigenvalue weighted by atomic mass is 16.6. The number of hydrogen-bond acceptors (Lipinski definition) is 5. The van der Waals surface area contributed by atoms with Crippen molar-refractivity contribution < 1.29 is 9.45 Å². The van der Waals surface area contributed by atoms with Crippen LogP contribution in [0.1, 0.15) is 11.3 Å². The van der Waals surface area contributed by atoms with Gasteiger partial charge < -0.3 is 9.84 Å². The lowest BCUT2D eigenvalue weighted by Crippen LogP contribution is -2.02. The van der Waals surface area contributed by atoms with Crippen molar-refractivity contribution in [2.75, 3.05) is 5.32 Å². The molecule has 6 nitrogen and oxygen atoms in total. The zero-order valence-electron chi connectivity index (χ0n) is 9.21. The van der Waals surface area contributed by atoms with Crippen LogP contribution in [0, 0.1) is 17.0 Å². The average Bonchev–Trinajstić information content (AvgIpc) is 2.80. The first-order valence-corrected chi connectivity index (χ1v) is 5.06. The van der Waals surface area contributed by atoms with Crippen LogP contribution >= 0.6 is 0 Å². The summed E-state index contributed by atoms with van der Waals surface area (Å²) in [6.45, 7) is 2.16. The van der Waals surface area contributed by atoms with E-state index in [0.717, 1.165) is 5.69 Å². The zero-order chi connectivity index (χ0) is 12.3. The minimum absolute atomic E-state index is 0.104. The molecule has 2 rings (SSSR count). The third kappa shape index (κ3) is 2.41. The fourth-order valence-electron chi connectivity index (χ4n) is 1.53. The SMILES string of the molecule is Cc1c(NCc2ccno2)cccc1[N+](=O)[O-]. The van der Waals surface area contributed by atoms with Crippen LogP contribution in [0.15, 0.2) is 35.0 Å². The molecule has 1 aromatic heterocycles. The van der Waals surface area contributed by atoms with Crippen molar-refractivity contribution in [3.8, 4) is 0 Å². The lowest BCUT2D eigenvalue weighted by Gasteiger charge is -2.07. The van der Waals surface area contributed by atoms with Gasteiger partial charge in [0.2, 0.25) is 0 Å². The van der Waals surface area contributed by atoms with Crippen molar-refractivity contribution in [1.82, 2.24) is 5.16 Å². The summed E-state index contributed by atoms with van der Waals surface area (Å²) in [5, 5.41) is 17.4. The molecule has 0 aliphatic carbocycles. The standard InChI is InChI=1S/C11H11N3O3/c1-8-10(3-2-4-11(8)14(15)16)12-7-9-5-6-13-17-9/h2-6,12H,7H2,1H3. The summed E-state index contributed by atoms with van der Waals surface area (Å²) >= 11 is 0. The molecule has 17 heavy (non-hydrogen) atoms. The molecule has 0 radical (unpaired) electrons. The van der Waals surface area contributed by atoms with Crippen LogP contribution in [-0.2, 0) is 6.54 Å². The molecule has 0 spiro atoms. The topological polar surface area (TPSA) is 81.2 Å². The van der Waals surface area contributed by atoms with E-state index in [9.17, 15) is 10.1 Å². The van der Waals surface area contributed by atoms with E-state index in [0.29, 0.717) is 17.9 Å². The van der Waals surface area contributed by atoms with Crippen molar-refractivity contribution in [2.24, 2.45) is 0 Å². The van der Waals surface area contributed by atoms with Crippen LogP contribution in [0.5, 0.6) is 0 Å². The predicted molar refractivity (Wildman–Crippen MR) is 61.7 cm³/mol. The van der Waals surface area contributed by atoms with E-state index in [1.165, 1.54) is 6.07 Å². The summed E-state index contributed by atoms with van der Waals surface area (Å²) in [6.07, 6.45) is 1.55. The number of nitro benzene ring substituents is 1. The molecule has 0 bridgehead atoms. The number of anilines is 1. The quantitative estimate of drug-likeness (QED) is 0.648. The van der Waals surface area contributed by atoms with Crippen LogP contribution in [0.2, 0.25) is 0 Å². The molecule has 0 fully saturated rings. The molecule has 0 atom stereocenters. The molecule has 1 aromatic carbocycles. The first-order valence-electron chi connectivity index (χ1n) is 5.06. The molecule has 6 heteroatoms. The molecule has 1 heterocycles. The number of benzene rings is 1. The molecule has 0 aliphatic heterocycles. The van der Waals surface area contributed by atoms with Crippen LogP contribution in [0.4, 0.5) is 11.4 Å². The Hall–Kier alpha value is -2.37. The van der Waals surface area contributed by atoms with Crippen molar-refractivity contribution in [3.05, 3.63) is 51.9 Å². The second-order valence-corrected chi connectivity index (χ2v) is 3.54. The molecule has 0 amide bonds. The largest absolute Gasteiger partial charge is 0.377 e. The first kappa shape index (κ1) is 11.1. The van der Waals surface area contributed by atoms with Crippen LogP contribution < -0.4 is 5.32 Å². The summed E-state index contributed by atoms with van der Waals surface area (Å²) in [7, 11) is 0. The summed E-state index contributed by atoms with van der Waals surface area (Å²) < 4.78 is 4.93. The van der Waals surface area contributed by atoms with E-state index < -0.39 is 4.92 Å². The Morgan fingerprint density at radius 3 is 2.94 bits per heavy atom. The minimum Gasteiger partial charge on any atom is -0.377 e. The summed E-state index contributed by atoms with van der Waals surface area (Å²) in [6, 6.07) is 6.65. The Labute approximate surface area is 97.4 Å². The van der Waals surface area contributed by atoms with Crippen molar-refractivity contribution in [3.63, 3.8) is 0 Å². The molecule has 88 valence electrons. The normalized spacial score (nSPS) is 10.2. The van der Waals surface area contributed by atoms with E-state index in [1.54, 1.807) is 31.3 Å². The van der Waals surface area contributed by atoms with Gasteiger partial charge in [-0.3, -0.25) is 10.1 Å². The average molecular weight is 233 g/mol. The fourth-order valence-corrected chi connectivity index (χ4v) is 1.53.